The van der Waals surface area contributed by atoms with E-state index in [9.17, 15) is 9.90 Å². The first kappa shape index (κ1) is 17.5. The standard InChI is InChI=1S/C19H26N4O2/c1-13-6-3-4-9-16(13)17-11-18(23(2)22-17)21-19(25)20-12-14-7-5-8-15(24)10-14/h3-4,6,9,11,14-15,24H,5,7-8,10,12H2,1-2H3,(H2,20,21,25)/t14-,15-/m0/s1. The lowest BCUT2D eigenvalue weighted by Crippen LogP contribution is -2.35. The normalized spacial score (nSPS) is 20.3. The molecule has 0 spiro atoms. The second-order valence-electron chi connectivity index (χ2n) is 6.87. The van der Waals surface area contributed by atoms with Gasteiger partial charge in [0.25, 0.3) is 0 Å². The third-order valence-corrected chi connectivity index (χ3v) is 4.85. The summed E-state index contributed by atoms with van der Waals surface area (Å²) in [5, 5.41) is 20.0. The summed E-state index contributed by atoms with van der Waals surface area (Å²) in [6.07, 6.45) is 3.50. The fourth-order valence-corrected chi connectivity index (χ4v) is 3.42. The van der Waals surface area contributed by atoms with E-state index < -0.39 is 0 Å². The van der Waals surface area contributed by atoms with Crippen molar-refractivity contribution in [3.8, 4) is 11.3 Å². The Morgan fingerprint density at radius 1 is 1.36 bits per heavy atom. The van der Waals surface area contributed by atoms with Crippen LogP contribution in [-0.2, 0) is 7.05 Å². The molecule has 1 aromatic heterocycles. The molecule has 0 bridgehead atoms. The van der Waals surface area contributed by atoms with Crippen LogP contribution < -0.4 is 10.6 Å². The van der Waals surface area contributed by atoms with Crippen LogP contribution in [-0.4, -0.2) is 33.6 Å². The fraction of sp³-hybridized carbons (Fsp3) is 0.474. The minimum atomic E-state index is -0.237. The van der Waals surface area contributed by atoms with Crippen LogP contribution in [0.15, 0.2) is 30.3 Å². The maximum atomic E-state index is 12.2. The Balaban J connectivity index is 1.59. The van der Waals surface area contributed by atoms with Gasteiger partial charge in [0.1, 0.15) is 5.82 Å². The van der Waals surface area contributed by atoms with E-state index in [2.05, 4.69) is 15.7 Å². The van der Waals surface area contributed by atoms with Crippen LogP contribution in [0.4, 0.5) is 10.6 Å². The molecule has 1 aromatic carbocycles. The van der Waals surface area contributed by atoms with Gasteiger partial charge >= 0.3 is 6.03 Å². The SMILES string of the molecule is Cc1ccccc1-c1cc(NC(=O)NC[C@H]2CCC[C@H](O)C2)n(C)n1. The number of benzene rings is 1. The summed E-state index contributed by atoms with van der Waals surface area (Å²) >= 11 is 0. The molecule has 1 saturated carbocycles. The van der Waals surface area contributed by atoms with Crippen molar-refractivity contribution in [2.75, 3.05) is 11.9 Å². The quantitative estimate of drug-likeness (QED) is 0.799. The summed E-state index contributed by atoms with van der Waals surface area (Å²) in [6.45, 7) is 2.63. The van der Waals surface area contributed by atoms with Gasteiger partial charge in [-0.15, -0.1) is 0 Å². The summed E-state index contributed by atoms with van der Waals surface area (Å²) in [6, 6.07) is 9.69. The smallest absolute Gasteiger partial charge is 0.320 e. The minimum absolute atomic E-state index is 0.225. The number of rotatable bonds is 4. The zero-order chi connectivity index (χ0) is 17.8. The fourth-order valence-electron chi connectivity index (χ4n) is 3.42. The van der Waals surface area contributed by atoms with Crippen LogP contribution >= 0.6 is 0 Å². The number of nitrogens with zero attached hydrogens (tertiary/aromatic N) is 2. The molecule has 0 saturated heterocycles. The number of hydrogen-bond acceptors (Lipinski definition) is 3. The van der Waals surface area contributed by atoms with Gasteiger partial charge < -0.3 is 10.4 Å². The third kappa shape index (κ3) is 4.39. The maximum absolute atomic E-state index is 12.2. The topological polar surface area (TPSA) is 79.2 Å². The molecule has 6 nitrogen and oxygen atoms in total. The van der Waals surface area contributed by atoms with Crippen molar-refractivity contribution in [3.05, 3.63) is 35.9 Å². The van der Waals surface area contributed by atoms with Crippen LogP contribution in [0.2, 0.25) is 0 Å². The first-order valence-electron chi connectivity index (χ1n) is 8.86. The average Bonchev–Trinajstić information content (AvgIpc) is 2.94. The van der Waals surface area contributed by atoms with Gasteiger partial charge in [0.15, 0.2) is 0 Å². The molecule has 0 radical (unpaired) electrons. The zero-order valence-electron chi connectivity index (χ0n) is 14.8. The number of nitrogens with one attached hydrogen (secondary N) is 2. The lowest BCUT2D eigenvalue weighted by molar-refractivity contribution is 0.101. The highest BCUT2D eigenvalue weighted by Gasteiger charge is 2.20. The molecule has 6 heteroatoms. The number of carbonyl (C=O) groups excluding carboxylic acids is 1. The number of aromatic nitrogens is 2. The van der Waals surface area contributed by atoms with Crippen molar-refractivity contribution < 1.29 is 9.90 Å². The molecule has 2 amide bonds. The van der Waals surface area contributed by atoms with E-state index in [0.29, 0.717) is 18.3 Å². The van der Waals surface area contributed by atoms with E-state index in [4.69, 9.17) is 0 Å². The van der Waals surface area contributed by atoms with E-state index >= 15 is 0 Å². The molecule has 1 aliphatic rings. The first-order valence-corrected chi connectivity index (χ1v) is 8.86. The van der Waals surface area contributed by atoms with Gasteiger partial charge in [0.2, 0.25) is 0 Å². The third-order valence-electron chi connectivity index (χ3n) is 4.85. The van der Waals surface area contributed by atoms with Crippen molar-refractivity contribution in [3.63, 3.8) is 0 Å². The summed E-state index contributed by atoms with van der Waals surface area (Å²) in [5.74, 6) is 1.00. The number of aliphatic hydroxyl groups is 1. The van der Waals surface area contributed by atoms with Crippen molar-refractivity contribution in [1.82, 2.24) is 15.1 Å². The van der Waals surface area contributed by atoms with Gasteiger partial charge in [0.05, 0.1) is 11.8 Å². The minimum Gasteiger partial charge on any atom is -0.393 e. The Hall–Kier alpha value is -2.34. The van der Waals surface area contributed by atoms with Crippen molar-refractivity contribution >= 4 is 11.8 Å². The summed E-state index contributed by atoms with van der Waals surface area (Å²) in [7, 11) is 1.81. The predicted octanol–water partition coefficient (Wildman–Crippen LogP) is 3.07. The van der Waals surface area contributed by atoms with Gasteiger partial charge in [-0.25, -0.2) is 4.79 Å². The highest BCUT2D eigenvalue weighted by Crippen LogP contribution is 2.25. The number of amides is 2. The van der Waals surface area contributed by atoms with Gasteiger partial charge in [-0.1, -0.05) is 30.7 Å². The summed E-state index contributed by atoms with van der Waals surface area (Å²) < 4.78 is 1.67. The molecule has 25 heavy (non-hydrogen) atoms. The van der Waals surface area contributed by atoms with Crippen molar-refractivity contribution in [2.24, 2.45) is 13.0 Å². The molecule has 134 valence electrons. The van der Waals surface area contributed by atoms with E-state index in [-0.39, 0.29) is 12.1 Å². The largest absolute Gasteiger partial charge is 0.393 e. The zero-order valence-corrected chi connectivity index (χ0v) is 14.8. The Labute approximate surface area is 148 Å². The average molecular weight is 342 g/mol. The lowest BCUT2D eigenvalue weighted by Gasteiger charge is -2.25. The second kappa shape index (κ2) is 7.70. The summed E-state index contributed by atoms with van der Waals surface area (Å²) in [5.41, 5.74) is 3.04. The predicted molar refractivity (Wildman–Crippen MR) is 98.4 cm³/mol. The molecule has 1 heterocycles. The van der Waals surface area contributed by atoms with Crippen LogP contribution in [0.1, 0.15) is 31.2 Å². The molecule has 0 aliphatic heterocycles. The highest BCUT2D eigenvalue weighted by molar-refractivity contribution is 5.89. The first-order chi connectivity index (χ1) is 12.0. The van der Waals surface area contributed by atoms with Gasteiger partial charge in [0, 0.05) is 25.2 Å². The van der Waals surface area contributed by atoms with E-state index in [0.717, 1.165) is 42.5 Å². The number of aryl methyl sites for hydroxylation is 2. The Kier molecular flexibility index (Phi) is 5.38. The number of urea groups is 1. The Morgan fingerprint density at radius 2 is 2.16 bits per heavy atom. The number of hydrogen-bond donors (Lipinski definition) is 3. The number of carbonyl (C=O) groups is 1. The molecule has 0 unspecified atom stereocenters. The Bertz CT molecular complexity index is 741. The van der Waals surface area contributed by atoms with Crippen LogP contribution in [0.5, 0.6) is 0 Å². The molecule has 1 fully saturated rings. The molecule has 3 N–H and O–H groups in total. The molecular weight excluding hydrogens is 316 g/mol. The number of anilines is 1. The van der Waals surface area contributed by atoms with Gasteiger partial charge in [-0.3, -0.25) is 10.00 Å². The van der Waals surface area contributed by atoms with Crippen molar-refractivity contribution in [1.29, 1.82) is 0 Å². The second-order valence-corrected chi connectivity index (χ2v) is 6.87. The molecule has 3 rings (SSSR count). The molecule has 2 atom stereocenters. The van der Waals surface area contributed by atoms with Crippen LogP contribution in [0.25, 0.3) is 11.3 Å². The highest BCUT2D eigenvalue weighted by atomic mass is 16.3. The maximum Gasteiger partial charge on any atom is 0.320 e. The molecular formula is C19H26N4O2. The molecule has 1 aliphatic carbocycles. The van der Waals surface area contributed by atoms with E-state index in [1.54, 1.807) is 4.68 Å². The van der Waals surface area contributed by atoms with Gasteiger partial charge in [-0.05, 0) is 37.7 Å². The van der Waals surface area contributed by atoms with E-state index in [1.165, 1.54) is 0 Å². The van der Waals surface area contributed by atoms with Crippen LogP contribution in [0, 0.1) is 12.8 Å². The lowest BCUT2D eigenvalue weighted by atomic mass is 9.87. The molecule has 2 aromatic rings. The van der Waals surface area contributed by atoms with E-state index in [1.807, 2.05) is 44.3 Å². The number of aliphatic hydroxyl groups excluding tert-OH is 1. The van der Waals surface area contributed by atoms with Crippen LogP contribution in [0.3, 0.4) is 0 Å². The summed E-state index contributed by atoms with van der Waals surface area (Å²) in [4.78, 5) is 12.2. The monoisotopic (exact) mass is 342 g/mol. The van der Waals surface area contributed by atoms with Gasteiger partial charge in [-0.2, -0.15) is 5.10 Å². The Morgan fingerprint density at radius 3 is 2.92 bits per heavy atom. The van der Waals surface area contributed by atoms with Crippen molar-refractivity contribution in [2.45, 2.75) is 38.7 Å².